The molecule has 4 heteroatoms. The van der Waals surface area contributed by atoms with Gasteiger partial charge >= 0.3 is 179 Å². The number of rotatable bonds is 6. The van der Waals surface area contributed by atoms with Crippen molar-refractivity contribution < 1.29 is 45.2 Å². The molecule has 0 spiro atoms. The van der Waals surface area contributed by atoms with Crippen LogP contribution in [0.3, 0.4) is 0 Å². The molecule has 0 saturated carbocycles. The van der Waals surface area contributed by atoms with E-state index in [2.05, 4.69) is 105 Å². The minimum absolute atomic E-state index is 0. The average molecular weight is 476 g/mol. The molecule has 0 nitrogen and oxygen atoms in total. The van der Waals surface area contributed by atoms with E-state index >= 15 is 0 Å². The van der Waals surface area contributed by atoms with Gasteiger partial charge in [-0.15, -0.1) is 0 Å². The van der Waals surface area contributed by atoms with Crippen molar-refractivity contribution in [1.29, 1.82) is 0 Å². The minimum Gasteiger partial charge on any atom is -1.00 e. The predicted octanol–water partition coefficient (Wildman–Crippen LogP) is 1.77. The molecule has 0 aromatic heterocycles. The topological polar surface area (TPSA) is 0 Å². The van der Waals surface area contributed by atoms with Crippen LogP contribution in [0.5, 0.6) is 0 Å². The third-order valence-corrected chi connectivity index (χ3v) is 7.89. The fourth-order valence-electron chi connectivity index (χ4n) is 3.94. The van der Waals surface area contributed by atoms with Gasteiger partial charge in [0.25, 0.3) is 0 Å². The number of hydrogen-bond acceptors (Lipinski definition) is 1. The van der Waals surface area contributed by atoms with Gasteiger partial charge in [-0.25, -0.2) is 0 Å². The van der Waals surface area contributed by atoms with E-state index in [-0.39, 0.29) is 40.4 Å². The fourth-order valence-corrected chi connectivity index (χ4v) is 6.20. The maximum atomic E-state index is 2.57. The molecule has 0 heterocycles. The fraction of sp³-hybridized carbons (Fsp3) is 0.667. The molecule has 0 fully saturated rings. The molecule has 0 aliphatic heterocycles. The summed E-state index contributed by atoms with van der Waals surface area (Å²) in [5.41, 5.74) is 5.16. The van der Waals surface area contributed by atoms with Gasteiger partial charge in [-0.2, -0.15) is 0 Å². The van der Waals surface area contributed by atoms with Gasteiger partial charge in [0.1, 0.15) is 0 Å². The molecule has 0 aromatic carbocycles. The first-order valence-electron chi connectivity index (χ1n) is 10.2. The Bertz CT molecular complexity index is 644. The number of unbranched alkanes of at least 4 members (excludes halogenated alkanes) is 1. The number of thioether (sulfide) groups is 1. The summed E-state index contributed by atoms with van der Waals surface area (Å²) in [6, 6.07) is 0. The molecule has 0 bridgehead atoms. The van der Waals surface area contributed by atoms with E-state index in [1.54, 1.807) is 15.0 Å². The predicted molar refractivity (Wildman–Crippen MR) is 115 cm³/mol. The molecule has 1 atom stereocenters. The smallest absolute Gasteiger partial charge is 1.00 e. The summed E-state index contributed by atoms with van der Waals surface area (Å²) in [5.74, 6) is 1.26. The molecular weight excluding hydrogens is 439 g/mol. The molecule has 0 aromatic rings. The van der Waals surface area contributed by atoms with Crippen LogP contribution >= 0.6 is 11.8 Å². The second kappa shape index (κ2) is 11.3. The van der Waals surface area contributed by atoms with E-state index in [1.807, 2.05) is 0 Å². The van der Waals surface area contributed by atoms with Crippen molar-refractivity contribution in [2.75, 3.05) is 5.75 Å². The van der Waals surface area contributed by atoms with Crippen LogP contribution in [-0.4, -0.2) is 10.5 Å². The zero-order valence-corrected chi connectivity index (χ0v) is 22.6. The van der Waals surface area contributed by atoms with E-state index in [1.165, 1.54) is 37.0 Å². The number of hydrogen-bond donors (Lipinski definition) is 0. The Morgan fingerprint density at radius 1 is 1.07 bits per heavy atom. The molecule has 2 rings (SSSR count). The molecule has 0 amide bonds. The van der Waals surface area contributed by atoms with Gasteiger partial charge in [-0.1, -0.05) is 0 Å². The van der Waals surface area contributed by atoms with Crippen LogP contribution in [0.1, 0.15) is 80.6 Å². The molecule has 0 saturated heterocycles. The minimum atomic E-state index is 0. The quantitative estimate of drug-likeness (QED) is 0.416. The Morgan fingerprint density at radius 2 is 1.71 bits per heavy atom. The van der Waals surface area contributed by atoms with Crippen LogP contribution in [0.4, 0.5) is 0 Å². The largest absolute Gasteiger partial charge is 1.00 e. The van der Waals surface area contributed by atoms with Gasteiger partial charge in [0.15, 0.2) is 0 Å². The summed E-state index contributed by atoms with van der Waals surface area (Å²) in [7, 11) is 0. The summed E-state index contributed by atoms with van der Waals surface area (Å²) in [6.45, 7) is 16.6. The second-order valence-corrected chi connectivity index (χ2v) is 12.3. The average Bonchev–Trinajstić information content (AvgIpc) is 2.90. The van der Waals surface area contributed by atoms with E-state index < -0.39 is 0 Å². The van der Waals surface area contributed by atoms with E-state index in [0.29, 0.717) is 0 Å². The van der Waals surface area contributed by atoms with Crippen molar-refractivity contribution in [3.63, 3.8) is 0 Å². The third kappa shape index (κ3) is 7.09. The second-order valence-electron chi connectivity index (χ2n) is 9.90. The first-order chi connectivity index (χ1) is 12.0. The normalized spacial score (nSPS) is 22.5. The maximum absolute atomic E-state index is 2.57. The van der Waals surface area contributed by atoms with Gasteiger partial charge in [0.05, 0.1) is 0 Å². The van der Waals surface area contributed by atoms with Gasteiger partial charge in [0, 0.05) is 0 Å². The Kier molecular flexibility index (Phi) is 11.5. The molecule has 1 unspecified atom stereocenters. The van der Waals surface area contributed by atoms with Crippen molar-refractivity contribution in [3.05, 3.63) is 44.9 Å². The SMILES string of the molecule is CCCCSC1(CC2=[C]([Ti+2])CC=C2)CC=C(C(C)(C)C)C=C1C(C)(C)C.[Cl-].[Cl-]. The maximum Gasteiger partial charge on any atom is -1.00 e. The first-order valence-corrected chi connectivity index (χ1v) is 11.9. The monoisotopic (exact) mass is 475 g/mol. The van der Waals surface area contributed by atoms with Gasteiger partial charge < -0.3 is 24.8 Å². The van der Waals surface area contributed by atoms with Gasteiger partial charge in [-0.05, 0) is 0 Å². The standard InChI is InChI=1S/C24H37S.2ClH.Ti/c1-8-9-16-25-24(18-19-12-10-11-13-19)15-14-20(22(2,3)4)17-21(24)23(5,6)7;;;/h10,12,14,17H,8-9,11,15-16,18H2,1-7H3;2*1H;/q;;;+2/p-2. The number of allylic oxidation sites excluding steroid dienone is 7. The molecule has 157 valence electrons. The summed E-state index contributed by atoms with van der Waals surface area (Å²) >= 11 is 4.54. The van der Waals surface area contributed by atoms with E-state index in [9.17, 15) is 0 Å². The van der Waals surface area contributed by atoms with Crippen LogP contribution in [0.25, 0.3) is 0 Å². The van der Waals surface area contributed by atoms with Crippen molar-refractivity contribution >= 4 is 11.8 Å². The van der Waals surface area contributed by atoms with Crippen molar-refractivity contribution in [2.45, 2.75) is 85.3 Å². The van der Waals surface area contributed by atoms with Crippen LogP contribution in [-0.2, 0) is 20.4 Å². The Balaban J connectivity index is 0.00000364. The zero-order valence-electron chi connectivity index (χ0n) is 18.7. The Labute approximate surface area is 202 Å². The summed E-state index contributed by atoms with van der Waals surface area (Å²) in [6.07, 6.45) is 15.9. The van der Waals surface area contributed by atoms with Crippen LogP contribution in [0.2, 0.25) is 0 Å². The van der Waals surface area contributed by atoms with E-state index in [4.69, 9.17) is 0 Å². The van der Waals surface area contributed by atoms with Crippen molar-refractivity contribution in [2.24, 2.45) is 10.8 Å². The van der Waals surface area contributed by atoms with Gasteiger partial charge in [-0.3, -0.25) is 0 Å². The first kappa shape index (κ1) is 28.6. The summed E-state index contributed by atoms with van der Waals surface area (Å²) in [5, 5.41) is 0. The van der Waals surface area contributed by atoms with Crippen LogP contribution in [0, 0.1) is 10.8 Å². The Morgan fingerprint density at radius 3 is 2.18 bits per heavy atom. The molecule has 2 aliphatic carbocycles. The van der Waals surface area contributed by atoms with Crippen molar-refractivity contribution in [1.82, 2.24) is 0 Å². The van der Waals surface area contributed by atoms with Crippen LogP contribution in [0.15, 0.2) is 44.9 Å². The Hall–Kier alpha value is 0.604. The number of halogens is 2. The molecular formula is C24H37Cl2STi. The molecule has 28 heavy (non-hydrogen) atoms. The summed E-state index contributed by atoms with van der Waals surface area (Å²) in [4.78, 5) is 0. The molecule has 0 radical (unpaired) electrons. The van der Waals surface area contributed by atoms with Crippen LogP contribution < -0.4 is 24.8 Å². The van der Waals surface area contributed by atoms with Crippen molar-refractivity contribution in [3.8, 4) is 0 Å². The summed E-state index contributed by atoms with van der Waals surface area (Å²) < 4.78 is 1.78. The third-order valence-electron chi connectivity index (χ3n) is 5.50. The molecule has 0 N–H and O–H groups in total. The zero-order chi connectivity index (χ0) is 19.6. The van der Waals surface area contributed by atoms with E-state index in [0.717, 1.165) is 6.42 Å². The van der Waals surface area contributed by atoms with Gasteiger partial charge in [0.2, 0.25) is 0 Å². The molecule has 2 aliphatic rings.